The molecule has 0 spiro atoms. The van der Waals surface area contributed by atoms with Gasteiger partial charge in [0.2, 0.25) is 5.95 Å². The number of aromatic amines is 1. The molecular weight excluding hydrogens is 295 g/mol. The zero-order valence-corrected chi connectivity index (χ0v) is 12.3. The summed E-state index contributed by atoms with van der Waals surface area (Å²) in [6, 6.07) is 15.5. The van der Waals surface area contributed by atoms with Crippen LogP contribution in [0.25, 0.3) is 11.3 Å². The van der Waals surface area contributed by atoms with Gasteiger partial charge in [0.15, 0.2) is 5.69 Å². The highest BCUT2D eigenvalue weighted by atomic mass is 19.1. The van der Waals surface area contributed by atoms with Crippen molar-refractivity contribution in [1.29, 1.82) is 0 Å². The molecule has 1 aromatic heterocycles. The van der Waals surface area contributed by atoms with E-state index in [1.54, 1.807) is 24.3 Å². The Morgan fingerprint density at radius 3 is 2.43 bits per heavy atom. The SMILES string of the molecule is O=c1[nH]c(NCCc2ccc(F)cc2)nnc1-c1ccccc1. The van der Waals surface area contributed by atoms with E-state index in [1.165, 1.54) is 12.1 Å². The van der Waals surface area contributed by atoms with Gasteiger partial charge in [-0.15, -0.1) is 10.2 Å². The van der Waals surface area contributed by atoms with E-state index in [0.29, 0.717) is 18.9 Å². The summed E-state index contributed by atoms with van der Waals surface area (Å²) in [5, 5.41) is 11.0. The molecule has 3 rings (SSSR count). The van der Waals surface area contributed by atoms with Gasteiger partial charge in [0.25, 0.3) is 5.56 Å². The molecule has 0 saturated heterocycles. The number of halogens is 1. The minimum Gasteiger partial charge on any atom is -0.354 e. The fourth-order valence-corrected chi connectivity index (χ4v) is 2.18. The molecule has 2 N–H and O–H groups in total. The van der Waals surface area contributed by atoms with Crippen LogP contribution >= 0.6 is 0 Å². The molecule has 5 nitrogen and oxygen atoms in total. The third kappa shape index (κ3) is 3.79. The number of hydrogen-bond acceptors (Lipinski definition) is 4. The number of rotatable bonds is 5. The van der Waals surface area contributed by atoms with E-state index in [1.807, 2.05) is 18.2 Å². The summed E-state index contributed by atoms with van der Waals surface area (Å²) in [6.07, 6.45) is 0.685. The summed E-state index contributed by atoms with van der Waals surface area (Å²) >= 11 is 0. The maximum Gasteiger partial charge on any atom is 0.279 e. The van der Waals surface area contributed by atoms with Gasteiger partial charge in [-0.05, 0) is 24.1 Å². The van der Waals surface area contributed by atoms with Crippen molar-refractivity contribution in [3.63, 3.8) is 0 Å². The minimum atomic E-state index is -0.296. The normalized spacial score (nSPS) is 10.5. The second kappa shape index (κ2) is 6.83. The highest BCUT2D eigenvalue weighted by Gasteiger charge is 2.06. The van der Waals surface area contributed by atoms with Crippen molar-refractivity contribution < 1.29 is 4.39 Å². The van der Waals surface area contributed by atoms with Crippen LogP contribution in [0.4, 0.5) is 10.3 Å². The van der Waals surface area contributed by atoms with Crippen molar-refractivity contribution in [2.75, 3.05) is 11.9 Å². The van der Waals surface area contributed by atoms with Gasteiger partial charge in [-0.3, -0.25) is 9.78 Å². The third-order valence-corrected chi connectivity index (χ3v) is 3.36. The van der Waals surface area contributed by atoms with E-state index < -0.39 is 0 Å². The molecule has 23 heavy (non-hydrogen) atoms. The lowest BCUT2D eigenvalue weighted by molar-refractivity contribution is 0.627. The highest BCUT2D eigenvalue weighted by molar-refractivity contribution is 5.57. The molecule has 2 aromatic carbocycles. The Kier molecular flexibility index (Phi) is 4.42. The van der Waals surface area contributed by atoms with E-state index >= 15 is 0 Å². The number of hydrogen-bond donors (Lipinski definition) is 2. The number of H-pyrrole nitrogens is 1. The van der Waals surface area contributed by atoms with Crippen molar-refractivity contribution in [3.8, 4) is 11.3 Å². The fraction of sp³-hybridized carbons (Fsp3) is 0.118. The van der Waals surface area contributed by atoms with E-state index in [0.717, 1.165) is 11.1 Å². The van der Waals surface area contributed by atoms with Crippen molar-refractivity contribution in [2.24, 2.45) is 0 Å². The largest absolute Gasteiger partial charge is 0.354 e. The van der Waals surface area contributed by atoms with E-state index in [4.69, 9.17) is 0 Å². The van der Waals surface area contributed by atoms with Gasteiger partial charge in [-0.1, -0.05) is 42.5 Å². The second-order valence-electron chi connectivity index (χ2n) is 5.02. The van der Waals surface area contributed by atoms with Crippen LogP contribution in [0.5, 0.6) is 0 Å². The lowest BCUT2D eigenvalue weighted by Gasteiger charge is -2.05. The zero-order chi connectivity index (χ0) is 16.1. The molecule has 0 bridgehead atoms. The van der Waals surface area contributed by atoms with Crippen molar-refractivity contribution >= 4 is 5.95 Å². The highest BCUT2D eigenvalue weighted by Crippen LogP contribution is 2.11. The number of anilines is 1. The predicted octanol–water partition coefficient (Wildman–Crippen LogP) is 2.63. The molecular formula is C17H15FN4O. The number of nitrogens with one attached hydrogen (secondary N) is 2. The molecule has 0 aliphatic rings. The molecule has 0 radical (unpaired) electrons. The quantitative estimate of drug-likeness (QED) is 0.760. The van der Waals surface area contributed by atoms with Gasteiger partial charge >= 0.3 is 0 Å². The maximum atomic E-state index is 12.8. The van der Waals surface area contributed by atoms with E-state index in [2.05, 4.69) is 20.5 Å². The standard InChI is InChI=1S/C17H15FN4O/c18-14-8-6-12(7-9-14)10-11-19-17-20-16(23)15(21-22-17)13-4-2-1-3-5-13/h1-9H,10-11H2,(H2,19,20,22,23). The number of benzene rings is 2. The Balaban J connectivity index is 1.64. The van der Waals surface area contributed by atoms with Crippen LogP contribution in [-0.4, -0.2) is 21.7 Å². The van der Waals surface area contributed by atoms with Crippen LogP contribution in [0, 0.1) is 5.82 Å². The first-order valence-electron chi connectivity index (χ1n) is 7.23. The summed E-state index contributed by atoms with van der Waals surface area (Å²) in [6.45, 7) is 0.556. The topological polar surface area (TPSA) is 70.7 Å². The first kappa shape index (κ1) is 14.9. The van der Waals surface area contributed by atoms with E-state index in [9.17, 15) is 9.18 Å². The van der Waals surface area contributed by atoms with E-state index in [-0.39, 0.29) is 17.1 Å². The predicted molar refractivity (Wildman–Crippen MR) is 86.7 cm³/mol. The monoisotopic (exact) mass is 310 g/mol. The molecule has 0 saturated carbocycles. The van der Waals surface area contributed by atoms with Gasteiger partial charge in [0, 0.05) is 12.1 Å². The minimum absolute atomic E-state index is 0.256. The molecule has 0 atom stereocenters. The van der Waals surface area contributed by atoms with Crippen LogP contribution in [0.15, 0.2) is 59.4 Å². The summed E-state index contributed by atoms with van der Waals surface area (Å²) in [5.74, 6) is 0.0604. The Morgan fingerprint density at radius 2 is 1.74 bits per heavy atom. The summed E-state index contributed by atoms with van der Waals surface area (Å²) in [5.41, 5.74) is 1.71. The molecule has 0 aliphatic heterocycles. The van der Waals surface area contributed by atoms with Crippen LogP contribution in [0.3, 0.4) is 0 Å². The molecule has 0 unspecified atom stereocenters. The molecule has 116 valence electrons. The Morgan fingerprint density at radius 1 is 1.00 bits per heavy atom. The number of nitrogens with zero attached hydrogens (tertiary/aromatic N) is 2. The van der Waals surface area contributed by atoms with Gasteiger partial charge in [-0.25, -0.2) is 4.39 Å². The van der Waals surface area contributed by atoms with Gasteiger partial charge in [0.1, 0.15) is 5.82 Å². The van der Waals surface area contributed by atoms with Crippen LogP contribution in [0.1, 0.15) is 5.56 Å². The zero-order valence-electron chi connectivity index (χ0n) is 12.3. The Hall–Kier alpha value is -3.02. The molecule has 3 aromatic rings. The van der Waals surface area contributed by atoms with Crippen LogP contribution in [-0.2, 0) is 6.42 Å². The van der Waals surface area contributed by atoms with Gasteiger partial charge in [0.05, 0.1) is 0 Å². The summed E-state index contributed by atoms with van der Waals surface area (Å²) in [4.78, 5) is 14.7. The second-order valence-corrected chi connectivity index (χ2v) is 5.02. The third-order valence-electron chi connectivity index (χ3n) is 3.36. The molecule has 1 heterocycles. The van der Waals surface area contributed by atoms with Crippen LogP contribution < -0.4 is 10.9 Å². The molecule has 0 amide bonds. The van der Waals surface area contributed by atoms with Crippen molar-refractivity contribution in [1.82, 2.24) is 15.2 Å². The Bertz CT molecular complexity index is 831. The van der Waals surface area contributed by atoms with Crippen LogP contribution in [0.2, 0.25) is 0 Å². The van der Waals surface area contributed by atoms with Gasteiger partial charge < -0.3 is 5.32 Å². The maximum absolute atomic E-state index is 12.8. The first-order valence-corrected chi connectivity index (χ1v) is 7.23. The first-order chi connectivity index (χ1) is 11.2. The number of aromatic nitrogens is 3. The fourth-order valence-electron chi connectivity index (χ4n) is 2.18. The molecule has 0 aliphatic carbocycles. The average Bonchev–Trinajstić information content (AvgIpc) is 2.58. The summed E-state index contributed by atoms with van der Waals surface area (Å²) in [7, 11) is 0. The lowest BCUT2D eigenvalue weighted by atomic mass is 10.1. The molecule has 0 fully saturated rings. The Labute approximate surface area is 132 Å². The lowest BCUT2D eigenvalue weighted by Crippen LogP contribution is -2.18. The van der Waals surface area contributed by atoms with Crippen molar-refractivity contribution in [2.45, 2.75) is 6.42 Å². The smallest absolute Gasteiger partial charge is 0.279 e. The average molecular weight is 310 g/mol. The van der Waals surface area contributed by atoms with Crippen molar-refractivity contribution in [3.05, 3.63) is 76.3 Å². The van der Waals surface area contributed by atoms with Gasteiger partial charge in [-0.2, -0.15) is 0 Å². The molecule has 6 heteroatoms. The summed E-state index contributed by atoms with van der Waals surface area (Å²) < 4.78 is 12.8.